The molecule has 0 bridgehead atoms. The van der Waals surface area contributed by atoms with Gasteiger partial charge in [-0.25, -0.2) is 4.79 Å². The maximum absolute atomic E-state index is 13.1. The summed E-state index contributed by atoms with van der Waals surface area (Å²) < 4.78 is 5.08. The minimum absolute atomic E-state index is 0.0307. The molecule has 3 amide bonds. The van der Waals surface area contributed by atoms with Crippen LogP contribution in [0.3, 0.4) is 0 Å². The van der Waals surface area contributed by atoms with Gasteiger partial charge in [0.25, 0.3) is 11.6 Å². The fourth-order valence-electron chi connectivity index (χ4n) is 5.10. The second-order valence-corrected chi connectivity index (χ2v) is 10.1. The van der Waals surface area contributed by atoms with Crippen molar-refractivity contribution in [1.82, 2.24) is 0 Å². The Balaban J connectivity index is 1.24. The number of ketones is 1. The van der Waals surface area contributed by atoms with Crippen molar-refractivity contribution < 1.29 is 33.6 Å². The first kappa shape index (κ1) is 28.1. The van der Waals surface area contributed by atoms with Gasteiger partial charge in [-0.05, 0) is 56.2 Å². The number of ether oxygens (including phenoxy) is 1. The van der Waals surface area contributed by atoms with Crippen LogP contribution in [0, 0.1) is 22.0 Å². The molecular formula is C31H25N3O8. The van der Waals surface area contributed by atoms with Gasteiger partial charge in [0.2, 0.25) is 17.6 Å². The first-order chi connectivity index (χ1) is 20.1. The molecule has 0 radical (unpaired) electrons. The Bertz CT molecular complexity index is 1680. The van der Waals surface area contributed by atoms with E-state index in [-0.39, 0.29) is 39.9 Å². The Labute approximate surface area is 239 Å². The minimum Gasteiger partial charge on any atom is -0.454 e. The van der Waals surface area contributed by atoms with Crippen LogP contribution < -0.4 is 10.2 Å². The number of carbonyl (C=O) groups is 5. The number of benzene rings is 3. The van der Waals surface area contributed by atoms with E-state index in [1.807, 2.05) is 13.0 Å². The molecule has 11 nitrogen and oxygen atoms in total. The summed E-state index contributed by atoms with van der Waals surface area (Å²) in [4.78, 5) is 75.6. The molecule has 5 rings (SSSR count). The number of fused-ring (bicyclic) bond motifs is 1. The highest BCUT2D eigenvalue weighted by atomic mass is 16.6. The second kappa shape index (κ2) is 11.6. The Morgan fingerprint density at radius 1 is 0.929 bits per heavy atom. The van der Waals surface area contributed by atoms with Crippen LogP contribution in [0.25, 0.3) is 0 Å². The number of nitrogens with zero attached hydrogens (tertiary/aromatic N) is 2. The molecule has 11 heteroatoms. The Hall–Kier alpha value is -5.45. The lowest BCUT2D eigenvalue weighted by atomic mass is 9.82. The molecule has 1 N–H and O–H groups in total. The minimum atomic E-state index is -0.830. The number of anilines is 2. The monoisotopic (exact) mass is 567 g/mol. The summed E-state index contributed by atoms with van der Waals surface area (Å²) in [7, 11) is 0. The number of nitro groups is 1. The topological polar surface area (TPSA) is 153 Å². The number of nitro benzene ring substituents is 1. The molecule has 42 heavy (non-hydrogen) atoms. The highest BCUT2D eigenvalue weighted by molar-refractivity contribution is 6.22. The predicted octanol–water partition coefficient (Wildman–Crippen LogP) is 4.73. The van der Waals surface area contributed by atoms with E-state index in [0.717, 1.165) is 16.5 Å². The van der Waals surface area contributed by atoms with Crippen molar-refractivity contribution in [2.45, 2.75) is 19.8 Å². The predicted molar refractivity (Wildman–Crippen MR) is 151 cm³/mol. The average Bonchev–Trinajstić information content (AvgIpc) is 3.24. The van der Waals surface area contributed by atoms with E-state index in [1.54, 1.807) is 24.3 Å². The van der Waals surface area contributed by atoms with Crippen LogP contribution in [-0.4, -0.2) is 41.0 Å². The molecule has 212 valence electrons. The van der Waals surface area contributed by atoms with Gasteiger partial charge in [0.1, 0.15) is 0 Å². The number of imide groups is 1. The Morgan fingerprint density at radius 2 is 1.62 bits per heavy atom. The van der Waals surface area contributed by atoms with Gasteiger partial charge in [0, 0.05) is 28.9 Å². The van der Waals surface area contributed by atoms with Gasteiger partial charge in [-0.15, -0.1) is 0 Å². The zero-order valence-corrected chi connectivity index (χ0v) is 22.4. The number of hydrogen-bond acceptors (Lipinski definition) is 8. The summed E-state index contributed by atoms with van der Waals surface area (Å²) in [6.07, 6.45) is 3.03. The van der Waals surface area contributed by atoms with Crippen LogP contribution in [-0.2, 0) is 14.3 Å². The maximum atomic E-state index is 13.1. The van der Waals surface area contributed by atoms with Crippen molar-refractivity contribution in [3.8, 4) is 0 Å². The summed E-state index contributed by atoms with van der Waals surface area (Å²) >= 11 is 0. The number of rotatable bonds is 8. The SMILES string of the molecule is CC1=CC[C@H]2C(=O)N(c3cccc(C(=O)Nc4cccc(C(=O)OCC(=O)c5cccc([N+](=O)[O-])c5)c4)c3)C(=O)[C@@H]2C1. The molecular weight excluding hydrogens is 542 g/mol. The summed E-state index contributed by atoms with van der Waals surface area (Å²) in [6, 6.07) is 17.2. The van der Waals surface area contributed by atoms with Gasteiger partial charge in [0.05, 0.1) is 28.0 Å². The van der Waals surface area contributed by atoms with Crippen LogP contribution >= 0.6 is 0 Å². The van der Waals surface area contributed by atoms with Gasteiger partial charge in [-0.3, -0.25) is 34.2 Å². The van der Waals surface area contributed by atoms with E-state index >= 15 is 0 Å². The molecule has 2 aliphatic rings. The van der Waals surface area contributed by atoms with Gasteiger partial charge >= 0.3 is 5.97 Å². The van der Waals surface area contributed by atoms with Crippen LogP contribution in [0.5, 0.6) is 0 Å². The molecule has 1 aliphatic heterocycles. The van der Waals surface area contributed by atoms with Gasteiger partial charge in [-0.1, -0.05) is 35.9 Å². The highest BCUT2D eigenvalue weighted by Crippen LogP contribution is 2.39. The van der Waals surface area contributed by atoms with E-state index in [1.165, 1.54) is 42.5 Å². The summed E-state index contributed by atoms with van der Waals surface area (Å²) in [5, 5.41) is 13.6. The molecule has 0 spiro atoms. The molecule has 3 aromatic rings. The lowest BCUT2D eigenvalue weighted by Gasteiger charge is -2.18. The van der Waals surface area contributed by atoms with E-state index in [4.69, 9.17) is 4.74 Å². The maximum Gasteiger partial charge on any atom is 0.338 e. The molecule has 3 aromatic carbocycles. The number of carbonyl (C=O) groups excluding carboxylic acids is 5. The molecule has 1 heterocycles. The largest absolute Gasteiger partial charge is 0.454 e. The van der Waals surface area contributed by atoms with Crippen molar-refractivity contribution in [1.29, 1.82) is 0 Å². The second-order valence-electron chi connectivity index (χ2n) is 10.1. The highest BCUT2D eigenvalue weighted by Gasteiger charge is 2.48. The summed E-state index contributed by atoms with van der Waals surface area (Å²) in [6.45, 7) is 1.31. The van der Waals surface area contributed by atoms with Crippen LogP contribution in [0.1, 0.15) is 50.8 Å². The molecule has 1 saturated heterocycles. The fraction of sp³-hybridized carbons (Fsp3) is 0.194. The van der Waals surface area contributed by atoms with E-state index in [2.05, 4.69) is 5.32 Å². The van der Waals surface area contributed by atoms with E-state index in [0.29, 0.717) is 18.5 Å². The average molecular weight is 568 g/mol. The van der Waals surface area contributed by atoms with Crippen LogP contribution in [0.15, 0.2) is 84.4 Å². The van der Waals surface area contributed by atoms with Crippen molar-refractivity contribution in [2.75, 3.05) is 16.8 Å². The molecule has 1 fully saturated rings. The van der Waals surface area contributed by atoms with Crippen molar-refractivity contribution in [3.63, 3.8) is 0 Å². The van der Waals surface area contributed by atoms with Crippen LogP contribution in [0.2, 0.25) is 0 Å². The van der Waals surface area contributed by atoms with Gasteiger partial charge < -0.3 is 10.1 Å². The zero-order valence-electron chi connectivity index (χ0n) is 22.4. The lowest BCUT2D eigenvalue weighted by Crippen LogP contribution is -2.31. The number of nitrogens with one attached hydrogen (secondary N) is 1. The third-order valence-corrected chi connectivity index (χ3v) is 7.26. The molecule has 0 aromatic heterocycles. The van der Waals surface area contributed by atoms with Crippen molar-refractivity contribution in [3.05, 3.63) is 111 Å². The zero-order chi connectivity index (χ0) is 30.0. The smallest absolute Gasteiger partial charge is 0.338 e. The number of hydrogen-bond donors (Lipinski definition) is 1. The standard InChI is InChI=1S/C31H25N3O8/c1-18-11-12-25-26(13-18)30(38)33(29(25)37)23-9-4-6-20(16-23)28(36)32-22-8-2-7-21(14-22)31(39)42-17-27(35)19-5-3-10-24(15-19)34(40)41/h2-11,14-16,25-26H,12-13,17H2,1H3,(H,32,36)/t25-,26-/m1/s1. The number of esters is 1. The van der Waals surface area contributed by atoms with Crippen molar-refractivity contribution >= 4 is 46.5 Å². The first-order valence-corrected chi connectivity index (χ1v) is 13.1. The molecule has 1 aliphatic carbocycles. The molecule has 0 unspecified atom stereocenters. The Kier molecular flexibility index (Phi) is 7.74. The number of amides is 3. The summed E-state index contributed by atoms with van der Waals surface area (Å²) in [5.41, 5.74) is 1.70. The quantitative estimate of drug-likeness (QED) is 0.102. The number of Topliss-reactive ketones (excluding diaryl/α,β-unsaturated/α-hetero) is 1. The fourth-order valence-corrected chi connectivity index (χ4v) is 5.10. The lowest BCUT2D eigenvalue weighted by molar-refractivity contribution is -0.384. The third kappa shape index (κ3) is 5.71. The Morgan fingerprint density at radius 3 is 2.40 bits per heavy atom. The van der Waals surface area contributed by atoms with E-state index < -0.39 is 41.0 Å². The summed E-state index contributed by atoms with van der Waals surface area (Å²) in [5.74, 6) is -3.32. The number of non-ortho nitro benzene ring substituents is 1. The molecule has 0 saturated carbocycles. The van der Waals surface area contributed by atoms with Gasteiger partial charge in [0.15, 0.2) is 6.61 Å². The normalized spacial score (nSPS) is 17.7. The van der Waals surface area contributed by atoms with E-state index in [9.17, 15) is 34.1 Å². The third-order valence-electron chi connectivity index (χ3n) is 7.26. The first-order valence-electron chi connectivity index (χ1n) is 13.1. The van der Waals surface area contributed by atoms with Crippen molar-refractivity contribution in [2.24, 2.45) is 11.8 Å². The van der Waals surface area contributed by atoms with Crippen LogP contribution in [0.4, 0.5) is 17.1 Å². The van der Waals surface area contributed by atoms with Gasteiger partial charge in [-0.2, -0.15) is 0 Å². The molecule has 2 atom stereocenters. The number of allylic oxidation sites excluding steroid dienone is 2.